The highest BCUT2D eigenvalue weighted by molar-refractivity contribution is 4.86. The molecule has 2 rings (SSSR count). The highest BCUT2D eigenvalue weighted by atomic mass is 16.2. The van der Waals surface area contributed by atoms with Crippen molar-refractivity contribution < 1.29 is 5.11 Å². The monoisotopic (exact) mass is 268 g/mol. The summed E-state index contributed by atoms with van der Waals surface area (Å²) in [7, 11) is 2.14. The maximum Gasteiger partial charge on any atom is 0.0431 e. The van der Waals surface area contributed by atoms with E-state index < -0.39 is 0 Å². The highest BCUT2D eigenvalue weighted by Crippen LogP contribution is 2.28. The van der Waals surface area contributed by atoms with Gasteiger partial charge in [-0.1, -0.05) is 19.3 Å². The van der Waals surface area contributed by atoms with Crippen molar-refractivity contribution in [1.29, 1.82) is 0 Å². The van der Waals surface area contributed by atoms with Gasteiger partial charge >= 0.3 is 0 Å². The molecule has 0 bridgehead atoms. The summed E-state index contributed by atoms with van der Waals surface area (Å²) in [4.78, 5) is 2.72. The average molecular weight is 268 g/mol. The molecule has 2 N–H and O–H groups in total. The number of aliphatic hydroxyl groups excluding tert-OH is 1. The molecule has 0 aromatic rings. The van der Waals surface area contributed by atoms with Crippen LogP contribution < -0.4 is 5.32 Å². The molecule has 1 aliphatic heterocycles. The molecule has 1 heterocycles. The largest absolute Gasteiger partial charge is 0.396 e. The van der Waals surface area contributed by atoms with Crippen molar-refractivity contribution in [2.75, 3.05) is 26.7 Å². The van der Waals surface area contributed by atoms with E-state index in [0.29, 0.717) is 6.61 Å². The lowest BCUT2D eigenvalue weighted by Gasteiger charge is -2.32. The molecule has 3 atom stereocenters. The molecule has 1 saturated heterocycles. The molecule has 19 heavy (non-hydrogen) atoms. The summed E-state index contributed by atoms with van der Waals surface area (Å²) in [5.74, 6) is 0.835. The Balaban J connectivity index is 1.86. The fourth-order valence-corrected chi connectivity index (χ4v) is 4.07. The average Bonchev–Trinajstić information content (AvgIpc) is 2.73. The molecule has 3 heteroatoms. The lowest BCUT2D eigenvalue weighted by Crippen LogP contribution is -2.42. The quantitative estimate of drug-likeness (QED) is 0.726. The Morgan fingerprint density at radius 2 is 1.95 bits per heavy atom. The molecule has 3 unspecified atom stereocenters. The minimum Gasteiger partial charge on any atom is -0.396 e. The van der Waals surface area contributed by atoms with Gasteiger partial charge in [-0.3, -0.25) is 0 Å². The third-order valence-electron chi connectivity index (χ3n) is 5.19. The number of nitrogens with zero attached hydrogens (tertiary/aromatic N) is 1. The Labute approximate surface area is 118 Å². The summed E-state index contributed by atoms with van der Waals surface area (Å²) in [5.41, 5.74) is 0. The van der Waals surface area contributed by atoms with Gasteiger partial charge in [-0.25, -0.2) is 0 Å². The Kier molecular flexibility index (Phi) is 6.62. The van der Waals surface area contributed by atoms with Crippen LogP contribution in [-0.4, -0.2) is 48.8 Å². The van der Waals surface area contributed by atoms with Crippen LogP contribution in [0, 0.1) is 5.92 Å². The van der Waals surface area contributed by atoms with Gasteiger partial charge in [0.1, 0.15) is 0 Å². The van der Waals surface area contributed by atoms with Crippen LogP contribution in [0.5, 0.6) is 0 Å². The van der Waals surface area contributed by atoms with Crippen LogP contribution in [0.1, 0.15) is 57.8 Å². The van der Waals surface area contributed by atoms with E-state index in [1.807, 2.05) is 0 Å². The maximum absolute atomic E-state index is 9.02. The van der Waals surface area contributed by atoms with Gasteiger partial charge in [-0.05, 0) is 58.0 Å². The first-order chi connectivity index (χ1) is 9.35. The molecule has 112 valence electrons. The zero-order chi connectivity index (χ0) is 13.5. The van der Waals surface area contributed by atoms with E-state index in [-0.39, 0.29) is 0 Å². The predicted octanol–water partition coefficient (Wildman–Crippen LogP) is 2.39. The standard InChI is InChI=1S/C16H32N2O/c1-17-16-10-4-2-3-7-14(16)13-18-11-5-8-15(18)9-6-12-19/h14-17,19H,2-13H2,1H3. The molecule has 1 aliphatic carbocycles. The molecule has 2 fully saturated rings. The second kappa shape index (κ2) is 8.23. The van der Waals surface area contributed by atoms with Crippen LogP contribution in [0.2, 0.25) is 0 Å². The molecule has 0 amide bonds. The summed E-state index contributed by atoms with van der Waals surface area (Å²) in [6.07, 6.45) is 11.8. The summed E-state index contributed by atoms with van der Waals surface area (Å²) >= 11 is 0. The second-order valence-corrected chi connectivity index (χ2v) is 6.45. The minimum atomic E-state index is 0.354. The van der Waals surface area contributed by atoms with Crippen molar-refractivity contribution in [3.63, 3.8) is 0 Å². The van der Waals surface area contributed by atoms with Gasteiger partial charge < -0.3 is 15.3 Å². The van der Waals surface area contributed by atoms with Crippen molar-refractivity contribution in [2.24, 2.45) is 5.92 Å². The number of hydrogen-bond donors (Lipinski definition) is 2. The van der Waals surface area contributed by atoms with Gasteiger partial charge in [0.05, 0.1) is 0 Å². The Hall–Kier alpha value is -0.120. The van der Waals surface area contributed by atoms with Crippen molar-refractivity contribution in [1.82, 2.24) is 10.2 Å². The second-order valence-electron chi connectivity index (χ2n) is 6.45. The minimum absolute atomic E-state index is 0.354. The summed E-state index contributed by atoms with van der Waals surface area (Å²) in [6, 6.07) is 1.47. The van der Waals surface area contributed by atoms with E-state index in [1.165, 1.54) is 64.5 Å². The number of rotatable bonds is 6. The normalized spacial score (nSPS) is 33.5. The van der Waals surface area contributed by atoms with Gasteiger partial charge in [0.15, 0.2) is 0 Å². The summed E-state index contributed by atoms with van der Waals surface area (Å²) in [6.45, 7) is 2.91. The Morgan fingerprint density at radius 3 is 2.74 bits per heavy atom. The van der Waals surface area contributed by atoms with Crippen molar-refractivity contribution in [3.05, 3.63) is 0 Å². The van der Waals surface area contributed by atoms with E-state index in [9.17, 15) is 0 Å². The smallest absolute Gasteiger partial charge is 0.0431 e. The molecule has 0 aromatic carbocycles. The first-order valence-electron chi connectivity index (χ1n) is 8.37. The van der Waals surface area contributed by atoms with E-state index in [4.69, 9.17) is 5.11 Å². The van der Waals surface area contributed by atoms with Crippen LogP contribution in [0.3, 0.4) is 0 Å². The Morgan fingerprint density at radius 1 is 1.11 bits per heavy atom. The highest BCUT2D eigenvalue weighted by Gasteiger charge is 2.29. The van der Waals surface area contributed by atoms with Gasteiger partial charge in [-0.15, -0.1) is 0 Å². The zero-order valence-corrected chi connectivity index (χ0v) is 12.6. The molecule has 0 aromatic heterocycles. The van der Waals surface area contributed by atoms with Gasteiger partial charge in [0, 0.05) is 25.2 Å². The molecule has 3 nitrogen and oxygen atoms in total. The Bertz CT molecular complexity index is 247. The van der Waals surface area contributed by atoms with E-state index in [0.717, 1.165) is 24.4 Å². The van der Waals surface area contributed by atoms with E-state index in [1.54, 1.807) is 0 Å². The van der Waals surface area contributed by atoms with Crippen LogP contribution >= 0.6 is 0 Å². The molecule has 0 spiro atoms. The maximum atomic E-state index is 9.02. The topological polar surface area (TPSA) is 35.5 Å². The number of hydrogen-bond acceptors (Lipinski definition) is 3. The van der Waals surface area contributed by atoms with Crippen LogP contribution in [0.25, 0.3) is 0 Å². The molecular formula is C16H32N2O. The predicted molar refractivity (Wildman–Crippen MR) is 80.3 cm³/mol. The number of nitrogens with one attached hydrogen (secondary N) is 1. The molecule has 0 radical (unpaired) electrons. The number of aliphatic hydroxyl groups is 1. The molecule has 2 aliphatic rings. The van der Waals surface area contributed by atoms with Crippen molar-refractivity contribution >= 4 is 0 Å². The summed E-state index contributed by atoms with van der Waals surface area (Å²) in [5, 5.41) is 12.6. The van der Waals surface area contributed by atoms with Crippen molar-refractivity contribution in [3.8, 4) is 0 Å². The number of likely N-dealkylation sites (tertiary alicyclic amines) is 1. The third-order valence-corrected chi connectivity index (χ3v) is 5.19. The molecular weight excluding hydrogens is 236 g/mol. The first kappa shape index (κ1) is 15.3. The summed E-state index contributed by atoms with van der Waals surface area (Å²) < 4.78 is 0. The van der Waals surface area contributed by atoms with Crippen LogP contribution in [0.15, 0.2) is 0 Å². The lowest BCUT2D eigenvalue weighted by atomic mass is 9.93. The van der Waals surface area contributed by atoms with Crippen molar-refractivity contribution in [2.45, 2.75) is 69.9 Å². The SMILES string of the molecule is CNC1CCCCCC1CN1CCCC1CCCO. The third kappa shape index (κ3) is 4.44. The van der Waals surface area contributed by atoms with E-state index >= 15 is 0 Å². The fraction of sp³-hybridized carbons (Fsp3) is 1.00. The van der Waals surface area contributed by atoms with Crippen LogP contribution in [0.4, 0.5) is 0 Å². The fourth-order valence-electron chi connectivity index (χ4n) is 4.07. The lowest BCUT2D eigenvalue weighted by molar-refractivity contribution is 0.169. The first-order valence-corrected chi connectivity index (χ1v) is 8.37. The van der Waals surface area contributed by atoms with Gasteiger partial charge in [0.2, 0.25) is 0 Å². The van der Waals surface area contributed by atoms with Crippen LogP contribution in [-0.2, 0) is 0 Å². The van der Waals surface area contributed by atoms with E-state index in [2.05, 4.69) is 17.3 Å². The zero-order valence-electron chi connectivity index (χ0n) is 12.6. The van der Waals surface area contributed by atoms with Gasteiger partial charge in [0.25, 0.3) is 0 Å². The molecule has 1 saturated carbocycles. The van der Waals surface area contributed by atoms with Gasteiger partial charge in [-0.2, -0.15) is 0 Å².